The third-order valence-electron chi connectivity index (χ3n) is 3.91. The summed E-state index contributed by atoms with van der Waals surface area (Å²) in [4.78, 5) is 19.1. The smallest absolute Gasteiger partial charge is 0.254 e. The van der Waals surface area contributed by atoms with Crippen LogP contribution in [-0.4, -0.2) is 28.9 Å². The fourth-order valence-electron chi connectivity index (χ4n) is 2.52. The largest absolute Gasteiger partial charge is 0.339 e. The highest BCUT2D eigenvalue weighted by atomic mass is 16.2. The maximum Gasteiger partial charge on any atom is 0.254 e. The van der Waals surface area contributed by atoms with Gasteiger partial charge in [-0.3, -0.25) is 9.78 Å². The van der Waals surface area contributed by atoms with Gasteiger partial charge in [-0.25, -0.2) is 0 Å². The third-order valence-corrected chi connectivity index (χ3v) is 3.91. The molecule has 106 valence electrons. The van der Waals surface area contributed by atoms with Gasteiger partial charge in [-0.05, 0) is 51.8 Å². The molecule has 0 saturated heterocycles. The molecule has 0 bridgehead atoms. The van der Waals surface area contributed by atoms with E-state index in [1.165, 1.54) is 5.56 Å². The molecule has 0 N–H and O–H groups in total. The minimum Gasteiger partial charge on any atom is -0.339 e. The normalized spacial score (nSPS) is 10.8. The Bertz CT molecular complexity index is 658. The van der Waals surface area contributed by atoms with E-state index in [-0.39, 0.29) is 5.91 Å². The molecule has 0 aliphatic rings. The Morgan fingerprint density at radius 1 is 1.15 bits per heavy atom. The molecule has 0 radical (unpaired) electrons. The van der Waals surface area contributed by atoms with E-state index in [1.54, 1.807) is 0 Å². The fraction of sp³-hybridized carbons (Fsp3) is 0.412. The van der Waals surface area contributed by atoms with E-state index in [4.69, 9.17) is 0 Å². The van der Waals surface area contributed by atoms with Crippen molar-refractivity contribution in [1.82, 2.24) is 9.88 Å². The SMILES string of the molecule is CCN(CC)C(=O)c1cc(C)nc2c(C)c(C)ccc12. The molecule has 0 atom stereocenters. The monoisotopic (exact) mass is 270 g/mol. The number of carbonyl (C=O) groups is 1. The second kappa shape index (κ2) is 5.61. The first-order valence-electron chi connectivity index (χ1n) is 7.16. The third kappa shape index (κ3) is 2.40. The lowest BCUT2D eigenvalue weighted by molar-refractivity contribution is 0.0775. The van der Waals surface area contributed by atoms with Crippen LogP contribution in [0.3, 0.4) is 0 Å². The van der Waals surface area contributed by atoms with Crippen LogP contribution in [0, 0.1) is 20.8 Å². The molecule has 1 aromatic heterocycles. The van der Waals surface area contributed by atoms with Gasteiger partial charge in [0.15, 0.2) is 0 Å². The molecule has 3 nitrogen and oxygen atoms in total. The summed E-state index contributed by atoms with van der Waals surface area (Å²) in [6, 6.07) is 5.98. The number of aromatic nitrogens is 1. The minimum absolute atomic E-state index is 0.0914. The lowest BCUT2D eigenvalue weighted by atomic mass is 10.0. The summed E-state index contributed by atoms with van der Waals surface area (Å²) >= 11 is 0. The molecule has 0 saturated carbocycles. The van der Waals surface area contributed by atoms with Crippen LogP contribution in [-0.2, 0) is 0 Å². The minimum atomic E-state index is 0.0914. The molecule has 1 aromatic carbocycles. The summed E-state index contributed by atoms with van der Waals surface area (Å²) in [5, 5.41) is 0.954. The highest BCUT2D eigenvalue weighted by Gasteiger charge is 2.17. The number of fused-ring (bicyclic) bond motifs is 1. The van der Waals surface area contributed by atoms with Crippen LogP contribution in [0.2, 0.25) is 0 Å². The van der Waals surface area contributed by atoms with Crippen LogP contribution >= 0.6 is 0 Å². The molecular weight excluding hydrogens is 248 g/mol. The number of nitrogens with zero attached hydrogens (tertiary/aromatic N) is 2. The first-order valence-corrected chi connectivity index (χ1v) is 7.16. The van der Waals surface area contributed by atoms with Gasteiger partial charge in [0.2, 0.25) is 0 Å². The lowest BCUT2D eigenvalue weighted by Crippen LogP contribution is -2.30. The van der Waals surface area contributed by atoms with Gasteiger partial charge in [0, 0.05) is 24.2 Å². The summed E-state index contributed by atoms with van der Waals surface area (Å²) in [6.45, 7) is 11.5. The fourth-order valence-corrected chi connectivity index (χ4v) is 2.52. The highest BCUT2D eigenvalue weighted by Crippen LogP contribution is 2.24. The Balaban J connectivity index is 2.70. The van der Waals surface area contributed by atoms with Crippen LogP contribution < -0.4 is 0 Å². The number of carbonyl (C=O) groups excluding carboxylic acids is 1. The number of aryl methyl sites for hydroxylation is 3. The van der Waals surface area contributed by atoms with Crippen LogP contribution in [0.4, 0.5) is 0 Å². The quantitative estimate of drug-likeness (QED) is 0.853. The van der Waals surface area contributed by atoms with Crippen molar-refractivity contribution in [3.8, 4) is 0 Å². The van der Waals surface area contributed by atoms with Crippen LogP contribution in [0.5, 0.6) is 0 Å². The molecule has 2 aromatic rings. The van der Waals surface area contributed by atoms with E-state index in [0.717, 1.165) is 40.8 Å². The van der Waals surface area contributed by atoms with E-state index in [9.17, 15) is 4.79 Å². The number of pyridine rings is 1. The highest BCUT2D eigenvalue weighted by molar-refractivity contribution is 6.07. The Hall–Kier alpha value is -1.90. The zero-order valence-corrected chi connectivity index (χ0v) is 12.9. The second-order valence-electron chi connectivity index (χ2n) is 5.19. The Labute approximate surface area is 120 Å². The van der Waals surface area contributed by atoms with Crippen molar-refractivity contribution in [3.05, 3.63) is 40.6 Å². The van der Waals surface area contributed by atoms with Gasteiger partial charge >= 0.3 is 0 Å². The Morgan fingerprint density at radius 3 is 2.40 bits per heavy atom. The van der Waals surface area contributed by atoms with E-state index in [1.807, 2.05) is 37.8 Å². The standard InChI is InChI=1S/C17H22N2O/c1-6-19(7-2)17(20)15-10-12(4)18-16-13(5)11(3)8-9-14(15)16/h8-10H,6-7H2,1-5H3. The van der Waals surface area contributed by atoms with E-state index in [2.05, 4.69) is 24.9 Å². The topological polar surface area (TPSA) is 33.2 Å². The molecule has 3 heteroatoms. The van der Waals surface area contributed by atoms with Crippen molar-refractivity contribution in [2.45, 2.75) is 34.6 Å². The van der Waals surface area contributed by atoms with Gasteiger partial charge in [-0.2, -0.15) is 0 Å². The summed E-state index contributed by atoms with van der Waals surface area (Å²) < 4.78 is 0. The lowest BCUT2D eigenvalue weighted by Gasteiger charge is -2.20. The van der Waals surface area contributed by atoms with Crippen LogP contribution in [0.15, 0.2) is 18.2 Å². The maximum atomic E-state index is 12.7. The van der Waals surface area contributed by atoms with Crippen molar-refractivity contribution in [1.29, 1.82) is 0 Å². The summed E-state index contributed by atoms with van der Waals surface area (Å²) in [7, 11) is 0. The maximum absolute atomic E-state index is 12.7. The van der Waals surface area contributed by atoms with E-state index < -0.39 is 0 Å². The van der Waals surface area contributed by atoms with Gasteiger partial charge in [0.05, 0.1) is 11.1 Å². The molecule has 0 spiro atoms. The van der Waals surface area contributed by atoms with E-state index >= 15 is 0 Å². The number of hydrogen-bond acceptors (Lipinski definition) is 2. The van der Waals surface area contributed by atoms with Crippen molar-refractivity contribution in [2.75, 3.05) is 13.1 Å². The molecule has 0 aliphatic carbocycles. The molecule has 1 heterocycles. The van der Waals surface area contributed by atoms with Gasteiger partial charge in [0.1, 0.15) is 0 Å². The molecular formula is C17H22N2O. The van der Waals surface area contributed by atoms with Gasteiger partial charge in [-0.1, -0.05) is 12.1 Å². The number of benzene rings is 1. The molecule has 0 fully saturated rings. The summed E-state index contributed by atoms with van der Waals surface area (Å²) in [5.41, 5.74) is 4.96. The zero-order valence-electron chi connectivity index (χ0n) is 12.9. The summed E-state index contributed by atoms with van der Waals surface area (Å²) in [6.07, 6.45) is 0. The number of hydrogen-bond donors (Lipinski definition) is 0. The first kappa shape index (κ1) is 14.5. The first-order chi connectivity index (χ1) is 9.49. The van der Waals surface area contributed by atoms with Crippen molar-refractivity contribution in [3.63, 3.8) is 0 Å². The Morgan fingerprint density at radius 2 is 1.80 bits per heavy atom. The predicted octanol–water partition coefficient (Wildman–Crippen LogP) is 3.64. The molecule has 20 heavy (non-hydrogen) atoms. The molecule has 1 amide bonds. The van der Waals surface area contributed by atoms with Crippen LogP contribution in [0.1, 0.15) is 41.0 Å². The van der Waals surface area contributed by atoms with E-state index in [0.29, 0.717) is 0 Å². The average Bonchev–Trinajstić information content (AvgIpc) is 2.44. The van der Waals surface area contributed by atoms with Crippen molar-refractivity contribution in [2.24, 2.45) is 0 Å². The van der Waals surface area contributed by atoms with Gasteiger partial charge < -0.3 is 4.90 Å². The van der Waals surface area contributed by atoms with Gasteiger partial charge in [-0.15, -0.1) is 0 Å². The van der Waals surface area contributed by atoms with Gasteiger partial charge in [0.25, 0.3) is 5.91 Å². The second-order valence-corrected chi connectivity index (χ2v) is 5.19. The Kier molecular flexibility index (Phi) is 4.07. The average molecular weight is 270 g/mol. The zero-order chi connectivity index (χ0) is 14.9. The van der Waals surface area contributed by atoms with Crippen molar-refractivity contribution >= 4 is 16.8 Å². The number of rotatable bonds is 3. The van der Waals surface area contributed by atoms with Crippen LogP contribution in [0.25, 0.3) is 10.9 Å². The predicted molar refractivity (Wildman–Crippen MR) is 83.2 cm³/mol. The molecule has 2 rings (SSSR count). The van der Waals surface area contributed by atoms with Crippen molar-refractivity contribution < 1.29 is 4.79 Å². The molecule has 0 unspecified atom stereocenters. The number of amides is 1. The molecule has 0 aliphatic heterocycles. The summed E-state index contributed by atoms with van der Waals surface area (Å²) in [5.74, 6) is 0.0914.